The van der Waals surface area contributed by atoms with Crippen LogP contribution in [0.2, 0.25) is 0 Å². The van der Waals surface area contributed by atoms with Crippen LogP contribution in [0.5, 0.6) is 0 Å². The van der Waals surface area contributed by atoms with E-state index in [2.05, 4.69) is 10.2 Å². The summed E-state index contributed by atoms with van der Waals surface area (Å²) in [6.07, 6.45) is 3.42. The molecule has 0 bridgehead atoms. The molecule has 0 spiro atoms. The summed E-state index contributed by atoms with van der Waals surface area (Å²) in [5.41, 5.74) is 3.05. The normalized spacial score (nSPS) is 16.2. The smallest absolute Gasteiger partial charge is 0.261 e. The molecule has 2 aliphatic heterocycles. The Morgan fingerprint density at radius 3 is 2.53 bits per heavy atom. The summed E-state index contributed by atoms with van der Waals surface area (Å²) >= 11 is 0. The van der Waals surface area contributed by atoms with Gasteiger partial charge in [0, 0.05) is 12.1 Å². The molecule has 1 saturated heterocycles. The van der Waals surface area contributed by atoms with Gasteiger partial charge in [-0.05, 0) is 69.6 Å². The van der Waals surface area contributed by atoms with E-state index in [1.54, 1.807) is 18.2 Å². The molecule has 6 nitrogen and oxygen atoms in total. The van der Waals surface area contributed by atoms with Crippen molar-refractivity contribution in [1.29, 1.82) is 0 Å². The molecular formula is C24H27N3O3. The van der Waals surface area contributed by atoms with Crippen LogP contribution in [0, 0.1) is 6.92 Å². The maximum Gasteiger partial charge on any atom is 0.261 e. The van der Waals surface area contributed by atoms with Gasteiger partial charge in [-0.15, -0.1) is 0 Å². The first-order valence-corrected chi connectivity index (χ1v) is 10.6. The van der Waals surface area contributed by atoms with Crippen LogP contribution < -0.4 is 5.32 Å². The van der Waals surface area contributed by atoms with E-state index in [0.717, 1.165) is 37.2 Å². The second-order valence-corrected chi connectivity index (χ2v) is 8.10. The highest BCUT2D eigenvalue weighted by molar-refractivity contribution is 6.22. The molecule has 0 aromatic heterocycles. The molecule has 2 heterocycles. The fourth-order valence-corrected chi connectivity index (χ4v) is 4.18. The van der Waals surface area contributed by atoms with Crippen molar-refractivity contribution in [3.8, 4) is 0 Å². The summed E-state index contributed by atoms with van der Waals surface area (Å²) in [6.45, 7) is 6.08. The molecule has 2 aliphatic rings. The minimum Gasteiger partial charge on any atom is -0.352 e. The van der Waals surface area contributed by atoms with E-state index in [-0.39, 0.29) is 24.3 Å². The number of carbonyl (C=O) groups is 3. The summed E-state index contributed by atoms with van der Waals surface area (Å²) < 4.78 is 0. The largest absolute Gasteiger partial charge is 0.352 e. The van der Waals surface area contributed by atoms with Crippen molar-refractivity contribution in [2.45, 2.75) is 32.7 Å². The molecule has 6 heteroatoms. The van der Waals surface area contributed by atoms with Gasteiger partial charge in [-0.3, -0.25) is 19.3 Å². The lowest BCUT2D eigenvalue weighted by Crippen LogP contribution is -2.29. The number of likely N-dealkylation sites (tertiary alicyclic amines) is 1. The fraction of sp³-hybridized carbons (Fsp3) is 0.375. The van der Waals surface area contributed by atoms with Crippen molar-refractivity contribution in [1.82, 2.24) is 15.1 Å². The van der Waals surface area contributed by atoms with Gasteiger partial charge in [0.25, 0.3) is 17.7 Å². The minimum absolute atomic E-state index is 0.211. The van der Waals surface area contributed by atoms with Gasteiger partial charge in [-0.25, -0.2) is 0 Å². The Morgan fingerprint density at radius 2 is 1.77 bits per heavy atom. The summed E-state index contributed by atoms with van der Waals surface area (Å²) in [5, 5.41) is 2.92. The zero-order valence-electron chi connectivity index (χ0n) is 17.3. The number of aryl methyl sites for hydroxylation is 1. The third-order valence-electron chi connectivity index (χ3n) is 5.79. The van der Waals surface area contributed by atoms with E-state index >= 15 is 0 Å². The lowest BCUT2D eigenvalue weighted by molar-refractivity contribution is 0.0642. The van der Waals surface area contributed by atoms with Crippen LogP contribution in [0.3, 0.4) is 0 Å². The van der Waals surface area contributed by atoms with Crippen LogP contribution in [0.25, 0.3) is 0 Å². The van der Waals surface area contributed by atoms with E-state index in [9.17, 15) is 14.4 Å². The number of nitrogens with one attached hydrogen (secondary N) is 1. The molecule has 0 atom stereocenters. The summed E-state index contributed by atoms with van der Waals surface area (Å²) in [6, 6.07) is 12.5. The van der Waals surface area contributed by atoms with Crippen molar-refractivity contribution in [3.63, 3.8) is 0 Å². The van der Waals surface area contributed by atoms with Gasteiger partial charge in [0.15, 0.2) is 0 Å². The Bertz CT molecular complexity index is 979. The number of nitrogens with zero attached hydrogens (tertiary/aromatic N) is 2. The topological polar surface area (TPSA) is 69.7 Å². The minimum atomic E-state index is -0.347. The van der Waals surface area contributed by atoms with Crippen molar-refractivity contribution in [2.24, 2.45) is 0 Å². The highest BCUT2D eigenvalue weighted by Gasteiger charge is 2.36. The number of rotatable bonds is 7. The quantitative estimate of drug-likeness (QED) is 0.568. The van der Waals surface area contributed by atoms with Gasteiger partial charge in [-0.1, -0.05) is 29.8 Å². The van der Waals surface area contributed by atoms with Gasteiger partial charge in [-0.2, -0.15) is 0 Å². The SMILES string of the molecule is Cc1cccc(CN2C(=O)c3ccc(C(=O)NCCCN4CCCC4)cc3C2=O)c1. The average molecular weight is 405 g/mol. The van der Waals surface area contributed by atoms with Gasteiger partial charge in [0.2, 0.25) is 0 Å². The molecule has 4 rings (SSSR count). The molecule has 0 aliphatic carbocycles. The fourth-order valence-electron chi connectivity index (χ4n) is 4.18. The molecule has 156 valence electrons. The predicted octanol–water partition coefficient (Wildman–Crippen LogP) is 3.01. The molecular weight excluding hydrogens is 378 g/mol. The highest BCUT2D eigenvalue weighted by atomic mass is 16.2. The first-order chi connectivity index (χ1) is 14.5. The van der Waals surface area contributed by atoms with Crippen molar-refractivity contribution >= 4 is 17.7 Å². The average Bonchev–Trinajstić information content (AvgIpc) is 3.34. The van der Waals surface area contributed by atoms with Crippen molar-refractivity contribution in [2.75, 3.05) is 26.2 Å². The number of hydrogen-bond acceptors (Lipinski definition) is 4. The van der Waals surface area contributed by atoms with Gasteiger partial charge >= 0.3 is 0 Å². The second-order valence-electron chi connectivity index (χ2n) is 8.10. The lowest BCUT2D eigenvalue weighted by Gasteiger charge is -2.14. The zero-order valence-corrected chi connectivity index (χ0v) is 17.3. The molecule has 0 unspecified atom stereocenters. The standard InChI is InChI=1S/C24H27N3O3/c1-17-6-4-7-18(14-17)16-27-23(29)20-9-8-19(15-21(20)24(27)30)22(28)25-10-5-13-26-11-2-3-12-26/h4,6-9,14-15H,2-3,5,10-13,16H2,1H3,(H,25,28). The number of carbonyl (C=O) groups excluding carboxylic acids is 3. The summed E-state index contributed by atoms with van der Waals surface area (Å²) in [4.78, 5) is 41.7. The number of hydrogen-bond donors (Lipinski definition) is 1. The van der Waals surface area contributed by atoms with E-state index in [4.69, 9.17) is 0 Å². The predicted molar refractivity (Wildman–Crippen MR) is 114 cm³/mol. The Morgan fingerprint density at radius 1 is 1.00 bits per heavy atom. The first kappa shape index (κ1) is 20.3. The van der Waals surface area contributed by atoms with E-state index in [1.807, 2.05) is 31.2 Å². The van der Waals surface area contributed by atoms with Crippen LogP contribution in [-0.4, -0.2) is 53.7 Å². The van der Waals surface area contributed by atoms with Crippen molar-refractivity contribution < 1.29 is 14.4 Å². The Kier molecular flexibility index (Phi) is 5.95. The number of amides is 3. The van der Waals surface area contributed by atoms with Gasteiger partial charge in [0.1, 0.15) is 0 Å². The van der Waals surface area contributed by atoms with Crippen LogP contribution >= 0.6 is 0 Å². The van der Waals surface area contributed by atoms with E-state index in [0.29, 0.717) is 23.2 Å². The zero-order chi connectivity index (χ0) is 21.1. The Balaban J connectivity index is 1.39. The van der Waals surface area contributed by atoms with Crippen LogP contribution in [-0.2, 0) is 6.54 Å². The van der Waals surface area contributed by atoms with Crippen molar-refractivity contribution in [3.05, 3.63) is 70.3 Å². The molecule has 2 aromatic rings. The Hall–Kier alpha value is -2.99. The molecule has 2 aromatic carbocycles. The molecule has 3 amide bonds. The molecule has 1 N–H and O–H groups in total. The number of fused-ring (bicyclic) bond motifs is 1. The third-order valence-corrected chi connectivity index (χ3v) is 5.79. The highest BCUT2D eigenvalue weighted by Crippen LogP contribution is 2.26. The van der Waals surface area contributed by atoms with Gasteiger partial charge < -0.3 is 10.2 Å². The van der Waals surface area contributed by atoms with Crippen LogP contribution in [0.1, 0.15) is 61.5 Å². The monoisotopic (exact) mass is 405 g/mol. The van der Waals surface area contributed by atoms with Crippen LogP contribution in [0.4, 0.5) is 0 Å². The lowest BCUT2D eigenvalue weighted by atomic mass is 10.1. The molecule has 1 fully saturated rings. The third kappa shape index (κ3) is 4.28. The van der Waals surface area contributed by atoms with E-state index in [1.165, 1.54) is 17.7 Å². The van der Waals surface area contributed by atoms with Crippen LogP contribution in [0.15, 0.2) is 42.5 Å². The number of imide groups is 1. The first-order valence-electron chi connectivity index (χ1n) is 10.6. The summed E-state index contributed by atoms with van der Waals surface area (Å²) in [5.74, 6) is -0.870. The summed E-state index contributed by atoms with van der Waals surface area (Å²) in [7, 11) is 0. The maximum atomic E-state index is 12.8. The van der Waals surface area contributed by atoms with Gasteiger partial charge in [0.05, 0.1) is 17.7 Å². The molecule has 0 radical (unpaired) electrons. The molecule has 30 heavy (non-hydrogen) atoms. The molecule has 0 saturated carbocycles. The Labute approximate surface area is 176 Å². The maximum absolute atomic E-state index is 12.8. The number of benzene rings is 2. The van der Waals surface area contributed by atoms with E-state index < -0.39 is 0 Å². The second kappa shape index (κ2) is 8.79.